The number of benzene rings is 2. The molecule has 1 aliphatic heterocycles. The number of carbonyl (C=O) groups is 2. The number of nitro groups is 1. The predicted octanol–water partition coefficient (Wildman–Crippen LogP) is 3.83. The highest BCUT2D eigenvalue weighted by molar-refractivity contribution is 8.19. The van der Waals surface area contributed by atoms with Gasteiger partial charge in [0.1, 0.15) is 6.04 Å². The predicted molar refractivity (Wildman–Crippen MR) is 113 cm³/mol. The van der Waals surface area contributed by atoms with E-state index in [1.54, 1.807) is 13.0 Å². The van der Waals surface area contributed by atoms with Gasteiger partial charge in [-0.15, -0.1) is 23.5 Å². The number of anilines is 1. The Labute approximate surface area is 170 Å². The van der Waals surface area contributed by atoms with Gasteiger partial charge in [-0.3, -0.25) is 19.7 Å². The molecule has 0 spiro atoms. The van der Waals surface area contributed by atoms with Crippen molar-refractivity contribution in [3.8, 4) is 0 Å². The Kier molecular flexibility index (Phi) is 6.58. The van der Waals surface area contributed by atoms with Crippen molar-refractivity contribution in [1.29, 1.82) is 0 Å². The van der Waals surface area contributed by atoms with Gasteiger partial charge in [0.2, 0.25) is 5.91 Å². The molecule has 2 aromatic rings. The van der Waals surface area contributed by atoms with Crippen LogP contribution in [0, 0.1) is 10.1 Å². The number of nitrogens with one attached hydrogen (secondary N) is 2. The summed E-state index contributed by atoms with van der Waals surface area (Å²) in [4.78, 5) is 35.0. The van der Waals surface area contributed by atoms with E-state index in [1.807, 2.05) is 41.7 Å². The first-order chi connectivity index (χ1) is 13.4. The molecule has 1 heterocycles. The van der Waals surface area contributed by atoms with E-state index < -0.39 is 16.9 Å². The highest BCUT2D eigenvalue weighted by Crippen LogP contribution is 2.45. The molecule has 2 aromatic carbocycles. The van der Waals surface area contributed by atoms with Crippen LogP contribution in [0.2, 0.25) is 0 Å². The highest BCUT2D eigenvalue weighted by Gasteiger charge is 2.20. The Hall–Kier alpha value is -2.52. The van der Waals surface area contributed by atoms with Crippen LogP contribution in [0.1, 0.15) is 27.4 Å². The average molecular weight is 418 g/mol. The summed E-state index contributed by atoms with van der Waals surface area (Å²) in [6.45, 7) is 1.57. The largest absolute Gasteiger partial charge is 0.341 e. The minimum Gasteiger partial charge on any atom is -0.341 e. The van der Waals surface area contributed by atoms with Crippen LogP contribution in [0.15, 0.2) is 48.5 Å². The molecule has 2 N–H and O–H groups in total. The van der Waals surface area contributed by atoms with E-state index in [4.69, 9.17) is 0 Å². The SMILES string of the molecule is C[C@H](NC(=O)c1cccc([N+](=O)[O-])c1)C(=O)Nc1cccc(C2SCCS2)c1. The maximum absolute atomic E-state index is 12.4. The maximum atomic E-state index is 12.4. The van der Waals surface area contributed by atoms with Gasteiger partial charge in [-0.2, -0.15) is 0 Å². The van der Waals surface area contributed by atoms with Crippen molar-refractivity contribution >= 4 is 46.7 Å². The van der Waals surface area contributed by atoms with Gasteiger partial charge in [-0.1, -0.05) is 18.2 Å². The van der Waals surface area contributed by atoms with Gasteiger partial charge in [-0.25, -0.2) is 0 Å². The van der Waals surface area contributed by atoms with Crippen molar-refractivity contribution in [1.82, 2.24) is 5.32 Å². The fourth-order valence-corrected chi connectivity index (χ4v) is 5.51. The summed E-state index contributed by atoms with van der Waals surface area (Å²) in [6, 6.07) is 12.3. The molecule has 2 amide bonds. The monoisotopic (exact) mass is 417 g/mol. The van der Waals surface area contributed by atoms with E-state index in [0.717, 1.165) is 17.1 Å². The van der Waals surface area contributed by atoms with Gasteiger partial charge in [0.15, 0.2) is 0 Å². The van der Waals surface area contributed by atoms with Crippen LogP contribution in [0.25, 0.3) is 0 Å². The van der Waals surface area contributed by atoms with E-state index in [-0.39, 0.29) is 17.2 Å². The lowest BCUT2D eigenvalue weighted by Gasteiger charge is -2.15. The van der Waals surface area contributed by atoms with E-state index in [9.17, 15) is 19.7 Å². The fraction of sp³-hybridized carbons (Fsp3) is 0.263. The van der Waals surface area contributed by atoms with E-state index in [1.165, 1.54) is 24.3 Å². The van der Waals surface area contributed by atoms with Crippen LogP contribution < -0.4 is 10.6 Å². The molecule has 1 saturated heterocycles. The minimum atomic E-state index is -0.800. The maximum Gasteiger partial charge on any atom is 0.270 e. The molecule has 0 bridgehead atoms. The van der Waals surface area contributed by atoms with Crippen LogP contribution >= 0.6 is 23.5 Å². The molecule has 0 aliphatic carbocycles. The molecule has 0 aromatic heterocycles. The standard InChI is InChI=1S/C19H19N3O4S2/c1-12(20-18(24)13-4-3-7-16(11-13)22(25)26)17(23)21-15-6-2-5-14(10-15)19-27-8-9-28-19/h2-7,10-12,19H,8-9H2,1H3,(H,20,24)(H,21,23)/t12-/m0/s1. The number of nitrogens with zero attached hydrogens (tertiary/aromatic N) is 1. The number of thioether (sulfide) groups is 2. The first-order valence-electron chi connectivity index (χ1n) is 8.63. The zero-order chi connectivity index (χ0) is 20.1. The summed E-state index contributed by atoms with van der Waals surface area (Å²) < 4.78 is 0.378. The van der Waals surface area contributed by atoms with Gasteiger partial charge in [0, 0.05) is 34.9 Å². The Bertz CT molecular complexity index is 900. The second-order valence-corrected chi connectivity index (χ2v) is 8.92. The molecule has 0 radical (unpaired) electrons. The first-order valence-corrected chi connectivity index (χ1v) is 10.7. The van der Waals surface area contributed by atoms with Gasteiger partial charge >= 0.3 is 0 Å². The average Bonchev–Trinajstić information content (AvgIpc) is 3.23. The molecule has 3 rings (SSSR count). The Morgan fingerprint density at radius 2 is 1.86 bits per heavy atom. The molecule has 0 saturated carbocycles. The topological polar surface area (TPSA) is 101 Å². The second kappa shape index (κ2) is 9.11. The Morgan fingerprint density at radius 3 is 2.57 bits per heavy atom. The molecular weight excluding hydrogens is 398 g/mol. The lowest BCUT2D eigenvalue weighted by Crippen LogP contribution is -2.41. The number of nitro benzene ring substituents is 1. The van der Waals surface area contributed by atoms with E-state index in [2.05, 4.69) is 10.6 Å². The smallest absolute Gasteiger partial charge is 0.270 e. The van der Waals surface area contributed by atoms with Crippen molar-refractivity contribution < 1.29 is 14.5 Å². The third-order valence-electron chi connectivity index (χ3n) is 4.11. The number of hydrogen-bond acceptors (Lipinski definition) is 6. The molecular formula is C19H19N3O4S2. The lowest BCUT2D eigenvalue weighted by molar-refractivity contribution is -0.384. The second-order valence-electron chi connectivity index (χ2n) is 6.19. The first kappa shape index (κ1) is 20.2. The third kappa shape index (κ3) is 5.05. The molecule has 1 aliphatic rings. The number of rotatable bonds is 6. The summed E-state index contributed by atoms with van der Waals surface area (Å²) in [6.07, 6.45) is 0. The number of non-ortho nitro benzene ring substituents is 1. The van der Waals surface area contributed by atoms with Crippen LogP contribution in [0.5, 0.6) is 0 Å². The molecule has 7 nitrogen and oxygen atoms in total. The van der Waals surface area contributed by atoms with Gasteiger partial charge in [-0.05, 0) is 30.7 Å². The van der Waals surface area contributed by atoms with Crippen molar-refractivity contribution in [2.45, 2.75) is 17.5 Å². The summed E-state index contributed by atoms with van der Waals surface area (Å²) in [5, 5.41) is 16.2. The quantitative estimate of drug-likeness (QED) is 0.547. The van der Waals surface area contributed by atoms with E-state index in [0.29, 0.717) is 10.3 Å². The summed E-state index contributed by atoms with van der Waals surface area (Å²) in [7, 11) is 0. The third-order valence-corrected chi connectivity index (χ3v) is 7.21. The zero-order valence-corrected chi connectivity index (χ0v) is 16.7. The van der Waals surface area contributed by atoms with Crippen LogP contribution in [-0.4, -0.2) is 34.3 Å². The minimum absolute atomic E-state index is 0.131. The summed E-state index contributed by atoms with van der Waals surface area (Å²) in [5.74, 6) is 1.33. The van der Waals surface area contributed by atoms with Crippen molar-refractivity contribution in [3.63, 3.8) is 0 Å². The van der Waals surface area contributed by atoms with Gasteiger partial charge in [0.05, 0.1) is 9.51 Å². The number of hydrogen-bond donors (Lipinski definition) is 2. The van der Waals surface area contributed by atoms with Crippen molar-refractivity contribution in [2.24, 2.45) is 0 Å². The Morgan fingerprint density at radius 1 is 1.14 bits per heavy atom. The van der Waals surface area contributed by atoms with Crippen molar-refractivity contribution in [3.05, 3.63) is 69.8 Å². The molecule has 146 valence electrons. The lowest BCUT2D eigenvalue weighted by atomic mass is 10.1. The van der Waals surface area contributed by atoms with Crippen LogP contribution in [-0.2, 0) is 4.79 Å². The molecule has 9 heteroatoms. The fourth-order valence-electron chi connectivity index (χ4n) is 2.67. The zero-order valence-electron chi connectivity index (χ0n) is 15.1. The molecule has 28 heavy (non-hydrogen) atoms. The summed E-state index contributed by atoms with van der Waals surface area (Å²) >= 11 is 3.77. The summed E-state index contributed by atoms with van der Waals surface area (Å²) in [5.41, 5.74) is 1.78. The van der Waals surface area contributed by atoms with Gasteiger partial charge in [0.25, 0.3) is 11.6 Å². The highest BCUT2D eigenvalue weighted by atomic mass is 32.2. The van der Waals surface area contributed by atoms with Crippen LogP contribution in [0.3, 0.4) is 0 Å². The number of amides is 2. The van der Waals surface area contributed by atoms with Crippen molar-refractivity contribution in [2.75, 3.05) is 16.8 Å². The number of carbonyl (C=O) groups excluding carboxylic acids is 2. The van der Waals surface area contributed by atoms with E-state index >= 15 is 0 Å². The van der Waals surface area contributed by atoms with Gasteiger partial charge < -0.3 is 10.6 Å². The molecule has 1 fully saturated rings. The molecule has 0 unspecified atom stereocenters. The normalized spacial score (nSPS) is 15.0. The Balaban J connectivity index is 1.61. The molecule has 1 atom stereocenters. The van der Waals surface area contributed by atoms with Crippen LogP contribution in [0.4, 0.5) is 11.4 Å².